The van der Waals surface area contributed by atoms with Gasteiger partial charge in [0.25, 0.3) is 11.8 Å². The zero-order valence-corrected chi connectivity index (χ0v) is 20.2. The lowest BCUT2D eigenvalue weighted by atomic mass is 10.1. The number of hydrogen-bond acceptors (Lipinski definition) is 6. The number of ether oxygens (including phenoxy) is 1. The second-order valence-corrected chi connectivity index (χ2v) is 9.48. The molecule has 1 fully saturated rings. The number of unbranched alkanes of at least 4 members (excludes halogenated alkanes) is 1. The summed E-state index contributed by atoms with van der Waals surface area (Å²) < 4.78 is 5.61. The van der Waals surface area contributed by atoms with E-state index in [9.17, 15) is 9.59 Å². The van der Waals surface area contributed by atoms with E-state index in [0.717, 1.165) is 43.1 Å². The SMILES string of the molecule is CCCCOCCCN1C(=O)C(Nc2ccc(N3CCCCC3)cc2)=C(c2cccs2)C1=O. The fourth-order valence-corrected chi connectivity index (χ4v) is 5.04. The molecule has 0 unspecified atom stereocenters. The van der Waals surface area contributed by atoms with Gasteiger partial charge in [-0.3, -0.25) is 14.5 Å². The number of benzene rings is 1. The molecule has 1 saturated heterocycles. The lowest BCUT2D eigenvalue weighted by Crippen LogP contribution is -2.34. The van der Waals surface area contributed by atoms with Crippen LogP contribution in [-0.4, -0.2) is 49.6 Å². The van der Waals surface area contributed by atoms with Crippen LogP contribution >= 0.6 is 11.3 Å². The minimum absolute atomic E-state index is 0.233. The Hall–Kier alpha value is -2.64. The van der Waals surface area contributed by atoms with E-state index in [1.54, 1.807) is 0 Å². The van der Waals surface area contributed by atoms with Gasteiger partial charge in [-0.1, -0.05) is 19.4 Å². The number of carbonyl (C=O) groups excluding carboxylic acids is 2. The predicted molar refractivity (Wildman–Crippen MR) is 134 cm³/mol. The van der Waals surface area contributed by atoms with Crippen molar-refractivity contribution in [3.63, 3.8) is 0 Å². The molecule has 0 atom stereocenters. The lowest BCUT2D eigenvalue weighted by molar-refractivity contribution is -0.137. The number of thiophene rings is 1. The van der Waals surface area contributed by atoms with Crippen LogP contribution in [0.3, 0.4) is 0 Å². The standard InChI is InChI=1S/C26H33N3O3S/c1-2-3-17-32-18-8-16-29-25(30)23(22-9-7-19-33-22)24(26(29)31)27-20-10-12-21(13-11-20)28-14-5-4-6-15-28/h7,9-13,19,27H,2-6,8,14-18H2,1H3. The summed E-state index contributed by atoms with van der Waals surface area (Å²) in [6, 6.07) is 12.0. The van der Waals surface area contributed by atoms with Crippen LogP contribution < -0.4 is 10.2 Å². The smallest absolute Gasteiger partial charge is 0.278 e. The number of nitrogens with one attached hydrogen (secondary N) is 1. The Labute approximate surface area is 200 Å². The minimum Gasteiger partial charge on any atom is -0.381 e. The zero-order chi connectivity index (χ0) is 23.0. The van der Waals surface area contributed by atoms with E-state index in [1.807, 2.05) is 29.6 Å². The second kappa shape index (κ2) is 11.5. The number of hydrogen-bond donors (Lipinski definition) is 1. The number of carbonyl (C=O) groups is 2. The Morgan fingerprint density at radius 1 is 0.970 bits per heavy atom. The summed E-state index contributed by atoms with van der Waals surface area (Å²) in [4.78, 5) is 31.0. The van der Waals surface area contributed by atoms with Crippen molar-refractivity contribution in [1.29, 1.82) is 0 Å². The van der Waals surface area contributed by atoms with Gasteiger partial charge in [0, 0.05) is 49.1 Å². The van der Waals surface area contributed by atoms with E-state index >= 15 is 0 Å². The van der Waals surface area contributed by atoms with E-state index in [2.05, 4.69) is 29.3 Å². The number of amides is 2. The number of anilines is 2. The fraction of sp³-hybridized carbons (Fsp3) is 0.462. The van der Waals surface area contributed by atoms with Crippen molar-refractivity contribution in [3.8, 4) is 0 Å². The number of nitrogens with zero attached hydrogens (tertiary/aromatic N) is 2. The van der Waals surface area contributed by atoms with Gasteiger partial charge in [-0.25, -0.2) is 0 Å². The van der Waals surface area contributed by atoms with Gasteiger partial charge in [0.1, 0.15) is 5.70 Å². The highest BCUT2D eigenvalue weighted by atomic mass is 32.1. The maximum atomic E-state index is 13.2. The van der Waals surface area contributed by atoms with Gasteiger partial charge in [0.2, 0.25) is 0 Å². The summed E-state index contributed by atoms with van der Waals surface area (Å²) in [5, 5.41) is 5.19. The summed E-state index contributed by atoms with van der Waals surface area (Å²) >= 11 is 1.47. The van der Waals surface area contributed by atoms with Crippen molar-refractivity contribution < 1.29 is 14.3 Å². The quantitative estimate of drug-likeness (QED) is 0.366. The highest BCUT2D eigenvalue weighted by Gasteiger charge is 2.39. The molecule has 2 aliphatic heterocycles. The van der Waals surface area contributed by atoms with Gasteiger partial charge < -0.3 is 15.0 Å². The van der Waals surface area contributed by atoms with Crippen molar-refractivity contribution in [3.05, 3.63) is 52.4 Å². The van der Waals surface area contributed by atoms with E-state index in [-0.39, 0.29) is 11.8 Å². The molecule has 2 aromatic rings. The Kier molecular flexibility index (Phi) is 8.18. The maximum absolute atomic E-state index is 13.2. The van der Waals surface area contributed by atoms with Crippen molar-refractivity contribution in [2.45, 2.75) is 45.4 Å². The topological polar surface area (TPSA) is 61.9 Å². The Balaban J connectivity index is 1.46. The van der Waals surface area contributed by atoms with Crippen LogP contribution in [0.5, 0.6) is 0 Å². The third-order valence-corrected chi connectivity index (χ3v) is 6.99. The molecule has 0 radical (unpaired) electrons. The van der Waals surface area contributed by atoms with E-state index in [1.165, 1.54) is 41.2 Å². The summed E-state index contributed by atoms with van der Waals surface area (Å²) in [6.07, 6.45) is 6.51. The average Bonchev–Trinajstić information content (AvgIpc) is 3.45. The molecule has 2 amide bonds. The van der Waals surface area contributed by atoms with E-state index < -0.39 is 0 Å². The van der Waals surface area contributed by atoms with E-state index in [0.29, 0.717) is 30.8 Å². The Bertz CT molecular complexity index is 963. The molecular weight excluding hydrogens is 434 g/mol. The van der Waals surface area contributed by atoms with Gasteiger partial charge >= 0.3 is 0 Å². The van der Waals surface area contributed by atoms with Crippen LogP contribution in [0.1, 0.15) is 50.3 Å². The Morgan fingerprint density at radius 3 is 2.42 bits per heavy atom. The first kappa shape index (κ1) is 23.5. The molecule has 0 saturated carbocycles. The summed E-state index contributed by atoms with van der Waals surface area (Å²) in [5.74, 6) is -0.500. The van der Waals surface area contributed by atoms with Crippen LogP contribution in [0.15, 0.2) is 47.5 Å². The zero-order valence-electron chi connectivity index (χ0n) is 19.3. The molecule has 7 heteroatoms. The molecule has 2 aliphatic rings. The summed E-state index contributed by atoms with van der Waals surface area (Å²) in [5.41, 5.74) is 2.83. The molecule has 1 N–H and O–H groups in total. The normalized spacial score (nSPS) is 16.8. The average molecular weight is 468 g/mol. The molecule has 33 heavy (non-hydrogen) atoms. The van der Waals surface area contributed by atoms with E-state index in [4.69, 9.17) is 4.74 Å². The van der Waals surface area contributed by atoms with Crippen LogP contribution in [0.25, 0.3) is 5.57 Å². The monoisotopic (exact) mass is 467 g/mol. The van der Waals surface area contributed by atoms with Gasteiger partial charge in [-0.05, 0) is 67.8 Å². The van der Waals surface area contributed by atoms with Crippen molar-refractivity contribution in [1.82, 2.24) is 4.90 Å². The van der Waals surface area contributed by atoms with Crippen LogP contribution in [0.2, 0.25) is 0 Å². The molecule has 0 bridgehead atoms. The first-order valence-corrected chi connectivity index (χ1v) is 12.9. The third-order valence-electron chi connectivity index (χ3n) is 6.11. The molecule has 176 valence electrons. The fourth-order valence-electron chi connectivity index (χ4n) is 4.27. The molecular formula is C26H33N3O3S. The number of rotatable bonds is 11. The largest absolute Gasteiger partial charge is 0.381 e. The Morgan fingerprint density at radius 2 is 1.73 bits per heavy atom. The van der Waals surface area contributed by atoms with Crippen LogP contribution in [-0.2, 0) is 14.3 Å². The van der Waals surface area contributed by atoms with Crippen molar-refractivity contribution in [2.75, 3.05) is 43.1 Å². The minimum atomic E-state index is -0.267. The van der Waals surface area contributed by atoms with Gasteiger partial charge in [-0.2, -0.15) is 0 Å². The molecule has 4 rings (SSSR count). The van der Waals surface area contributed by atoms with Gasteiger partial charge in [-0.15, -0.1) is 11.3 Å². The molecule has 0 spiro atoms. The third kappa shape index (κ3) is 5.65. The maximum Gasteiger partial charge on any atom is 0.278 e. The molecule has 1 aromatic heterocycles. The molecule has 0 aliphatic carbocycles. The van der Waals surface area contributed by atoms with Gasteiger partial charge in [0.15, 0.2) is 0 Å². The van der Waals surface area contributed by atoms with Gasteiger partial charge in [0.05, 0.1) is 5.57 Å². The number of piperidine rings is 1. The predicted octanol–water partition coefficient (Wildman–Crippen LogP) is 5.14. The first-order chi connectivity index (χ1) is 16.2. The summed E-state index contributed by atoms with van der Waals surface area (Å²) in [7, 11) is 0. The second-order valence-electron chi connectivity index (χ2n) is 8.53. The first-order valence-electron chi connectivity index (χ1n) is 12.0. The van der Waals surface area contributed by atoms with Crippen molar-refractivity contribution >= 4 is 40.1 Å². The van der Waals surface area contributed by atoms with Crippen LogP contribution in [0, 0.1) is 0 Å². The molecule has 1 aromatic carbocycles. The summed E-state index contributed by atoms with van der Waals surface area (Å²) in [6.45, 7) is 5.93. The van der Waals surface area contributed by atoms with Crippen molar-refractivity contribution in [2.24, 2.45) is 0 Å². The van der Waals surface area contributed by atoms with Crippen LogP contribution in [0.4, 0.5) is 11.4 Å². The lowest BCUT2D eigenvalue weighted by Gasteiger charge is -2.28. The molecule has 3 heterocycles. The number of imide groups is 1. The molecule has 6 nitrogen and oxygen atoms in total. The highest BCUT2D eigenvalue weighted by molar-refractivity contribution is 7.11. The highest BCUT2D eigenvalue weighted by Crippen LogP contribution is 2.33.